The summed E-state index contributed by atoms with van der Waals surface area (Å²) in [4.78, 5) is 0. The van der Waals surface area contributed by atoms with Crippen LogP contribution >= 0.6 is 0 Å². The Balaban J connectivity index is 1.39. The smallest absolute Gasteiger partial charge is 0.229 e. The molecule has 2 aliphatic rings. The first-order valence-electron chi connectivity index (χ1n) is 10.7. The van der Waals surface area contributed by atoms with Gasteiger partial charge in [0.15, 0.2) is 11.5 Å². The van der Waals surface area contributed by atoms with Crippen molar-refractivity contribution in [1.29, 1.82) is 0 Å². The Labute approximate surface area is 193 Å². The van der Waals surface area contributed by atoms with Crippen molar-refractivity contribution < 1.29 is 44.5 Å². The van der Waals surface area contributed by atoms with E-state index in [1.165, 1.54) is 6.07 Å². The molecule has 0 saturated carbocycles. The maximum absolute atomic E-state index is 10.7. The van der Waals surface area contributed by atoms with Gasteiger partial charge in [-0.3, -0.25) is 5.10 Å². The van der Waals surface area contributed by atoms with E-state index in [-0.39, 0.29) is 11.5 Å². The summed E-state index contributed by atoms with van der Waals surface area (Å²) in [5, 5.41) is 57.0. The van der Waals surface area contributed by atoms with Crippen LogP contribution in [-0.4, -0.2) is 86.3 Å². The molecule has 0 aliphatic carbocycles. The van der Waals surface area contributed by atoms with Crippen LogP contribution in [0.25, 0.3) is 22.4 Å². The highest BCUT2D eigenvalue weighted by Gasteiger charge is 2.44. The van der Waals surface area contributed by atoms with E-state index in [0.29, 0.717) is 36.0 Å². The quantitative estimate of drug-likeness (QED) is 0.306. The average Bonchev–Trinajstić information content (AvgIpc) is 3.34. The number of hydrogen-bond acceptors (Lipinski definition) is 10. The first-order valence-corrected chi connectivity index (χ1v) is 10.7. The number of aromatic nitrogens is 2. The van der Waals surface area contributed by atoms with Gasteiger partial charge in [-0.25, -0.2) is 0 Å². The second kappa shape index (κ2) is 9.12. The number of H-pyrrole nitrogens is 1. The van der Waals surface area contributed by atoms with E-state index < -0.39 is 37.3 Å². The summed E-state index contributed by atoms with van der Waals surface area (Å²) in [5.74, 6) is 1.30. The van der Waals surface area contributed by atoms with Crippen molar-refractivity contribution >= 4 is 0 Å². The van der Waals surface area contributed by atoms with E-state index in [1.54, 1.807) is 18.3 Å². The van der Waals surface area contributed by atoms with Crippen LogP contribution in [0, 0.1) is 0 Å². The largest absolute Gasteiger partial charge is 0.507 e. The van der Waals surface area contributed by atoms with Crippen LogP contribution in [-0.2, 0) is 4.74 Å². The lowest BCUT2D eigenvalue weighted by molar-refractivity contribution is -0.277. The lowest BCUT2D eigenvalue weighted by Gasteiger charge is -2.39. The molecule has 2 aromatic carbocycles. The molecule has 3 heterocycles. The molecule has 34 heavy (non-hydrogen) atoms. The van der Waals surface area contributed by atoms with Crippen LogP contribution in [0.15, 0.2) is 42.6 Å². The predicted octanol–water partition coefficient (Wildman–Crippen LogP) is 0.399. The summed E-state index contributed by atoms with van der Waals surface area (Å²) in [6, 6.07) is 10.0. The fraction of sp³-hybridized carbons (Fsp3) is 0.348. The van der Waals surface area contributed by atoms with Crippen LogP contribution in [0.3, 0.4) is 0 Å². The second-order valence-corrected chi connectivity index (χ2v) is 8.01. The number of nitrogens with zero attached hydrogens (tertiary/aromatic N) is 1. The molecule has 3 aromatic rings. The Kier molecular flexibility index (Phi) is 6.02. The number of benzene rings is 2. The molecular weight excluding hydrogens is 448 g/mol. The monoisotopic (exact) mass is 472 g/mol. The molecule has 180 valence electrons. The number of hydrogen-bond donors (Lipinski definition) is 6. The van der Waals surface area contributed by atoms with Gasteiger partial charge in [-0.1, -0.05) is 6.07 Å². The van der Waals surface area contributed by atoms with Crippen LogP contribution in [0.1, 0.15) is 0 Å². The number of aromatic amines is 1. The number of phenols is 1. The topological polar surface area (TPSA) is 167 Å². The van der Waals surface area contributed by atoms with Crippen molar-refractivity contribution in [3.05, 3.63) is 42.6 Å². The molecule has 0 unspecified atom stereocenters. The molecule has 5 rings (SSSR count). The van der Waals surface area contributed by atoms with Gasteiger partial charge in [-0.2, -0.15) is 5.10 Å². The summed E-state index contributed by atoms with van der Waals surface area (Å²) in [5.41, 5.74) is 2.56. The molecule has 0 radical (unpaired) electrons. The number of rotatable bonds is 5. The zero-order chi connectivity index (χ0) is 23.8. The fourth-order valence-corrected chi connectivity index (χ4v) is 4.02. The lowest BCUT2D eigenvalue weighted by Crippen LogP contribution is -2.60. The Hall–Kier alpha value is -3.35. The van der Waals surface area contributed by atoms with Gasteiger partial charge in [0.1, 0.15) is 49.1 Å². The standard InChI is InChI=1S/C23H24N2O9/c26-10-18-20(28)21(29)22(30)23(34-18)33-12-2-3-13(15(27)8-12)19-14(9-24-25-19)11-1-4-16-17(7-11)32-6-5-31-16/h1-4,7-9,18,20-23,26-30H,5-6,10H2,(H,24,25)/t18-,20+,21+,22+,23-/m1/s1. The highest BCUT2D eigenvalue weighted by molar-refractivity contribution is 5.84. The first-order chi connectivity index (χ1) is 16.5. The van der Waals surface area contributed by atoms with Gasteiger partial charge < -0.3 is 44.5 Å². The minimum atomic E-state index is -1.57. The maximum atomic E-state index is 10.7. The third kappa shape index (κ3) is 4.04. The summed E-state index contributed by atoms with van der Waals surface area (Å²) in [6.07, 6.45) is -5.44. The van der Waals surface area contributed by atoms with Crippen molar-refractivity contribution in [3.63, 3.8) is 0 Å². The molecule has 1 saturated heterocycles. The number of aliphatic hydroxyl groups is 4. The van der Waals surface area contributed by atoms with Gasteiger partial charge in [-0.15, -0.1) is 0 Å². The Morgan fingerprint density at radius 3 is 2.50 bits per heavy atom. The maximum Gasteiger partial charge on any atom is 0.229 e. The molecule has 5 atom stereocenters. The van der Waals surface area contributed by atoms with Crippen LogP contribution in [0.2, 0.25) is 0 Å². The number of phenolic OH excluding ortho intramolecular Hbond substituents is 1. The number of ether oxygens (including phenoxy) is 4. The highest BCUT2D eigenvalue weighted by atomic mass is 16.7. The minimum absolute atomic E-state index is 0.134. The van der Waals surface area contributed by atoms with E-state index in [1.807, 2.05) is 18.2 Å². The molecule has 11 heteroatoms. The Morgan fingerprint density at radius 2 is 1.74 bits per heavy atom. The number of fused-ring (bicyclic) bond motifs is 1. The van der Waals surface area contributed by atoms with E-state index in [4.69, 9.17) is 18.9 Å². The van der Waals surface area contributed by atoms with Crippen molar-refractivity contribution in [2.24, 2.45) is 0 Å². The third-order valence-corrected chi connectivity index (χ3v) is 5.83. The van der Waals surface area contributed by atoms with Gasteiger partial charge in [0.2, 0.25) is 6.29 Å². The summed E-state index contributed by atoms with van der Waals surface area (Å²) in [7, 11) is 0. The van der Waals surface area contributed by atoms with E-state index >= 15 is 0 Å². The predicted molar refractivity (Wildman–Crippen MR) is 117 cm³/mol. The van der Waals surface area contributed by atoms with Crippen molar-refractivity contribution in [1.82, 2.24) is 10.2 Å². The van der Waals surface area contributed by atoms with Gasteiger partial charge in [0.05, 0.1) is 18.5 Å². The highest BCUT2D eigenvalue weighted by Crippen LogP contribution is 2.40. The molecule has 1 fully saturated rings. The van der Waals surface area contributed by atoms with Gasteiger partial charge in [0, 0.05) is 17.2 Å². The first kappa shape index (κ1) is 22.4. The van der Waals surface area contributed by atoms with E-state index in [2.05, 4.69) is 10.2 Å². The van der Waals surface area contributed by atoms with Gasteiger partial charge in [0.25, 0.3) is 0 Å². The van der Waals surface area contributed by atoms with Gasteiger partial charge in [-0.05, 0) is 29.8 Å². The lowest BCUT2D eigenvalue weighted by atomic mass is 9.99. The molecule has 6 N–H and O–H groups in total. The normalized spacial score (nSPS) is 26.3. The minimum Gasteiger partial charge on any atom is -0.507 e. The SMILES string of the molecule is OC[C@H]1O[C@@H](Oc2ccc(-c3[nH]ncc3-c3ccc4c(c3)OCCO4)c(O)c2)[C@@H](O)[C@@H](O)[C@H]1O. The second-order valence-electron chi connectivity index (χ2n) is 8.01. The summed E-state index contributed by atoms with van der Waals surface area (Å²) < 4.78 is 22.1. The van der Waals surface area contributed by atoms with Crippen LogP contribution in [0.4, 0.5) is 0 Å². The van der Waals surface area contributed by atoms with E-state index in [9.17, 15) is 25.5 Å². The molecular formula is C23H24N2O9. The Morgan fingerprint density at radius 1 is 0.941 bits per heavy atom. The molecule has 0 bridgehead atoms. The van der Waals surface area contributed by atoms with Crippen molar-refractivity contribution in [2.75, 3.05) is 19.8 Å². The number of aliphatic hydroxyl groups excluding tert-OH is 4. The van der Waals surface area contributed by atoms with Crippen LogP contribution < -0.4 is 14.2 Å². The molecule has 0 amide bonds. The zero-order valence-corrected chi connectivity index (χ0v) is 17.9. The summed E-state index contributed by atoms with van der Waals surface area (Å²) >= 11 is 0. The van der Waals surface area contributed by atoms with Gasteiger partial charge >= 0.3 is 0 Å². The molecule has 0 spiro atoms. The average molecular weight is 472 g/mol. The summed E-state index contributed by atoms with van der Waals surface area (Å²) in [6.45, 7) is 0.386. The van der Waals surface area contributed by atoms with E-state index in [0.717, 1.165) is 11.1 Å². The fourth-order valence-electron chi connectivity index (χ4n) is 4.02. The Bertz CT molecular complexity index is 1170. The van der Waals surface area contributed by atoms with Crippen LogP contribution in [0.5, 0.6) is 23.0 Å². The number of nitrogens with one attached hydrogen (secondary N) is 1. The number of aromatic hydroxyl groups is 1. The molecule has 11 nitrogen and oxygen atoms in total. The third-order valence-electron chi connectivity index (χ3n) is 5.83. The molecule has 1 aromatic heterocycles. The van der Waals surface area contributed by atoms with Crippen molar-refractivity contribution in [2.45, 2.75) is 30.7 Å². The zero-order valence-electron chi connectivity index (χ0n) is 17.9. The molecule has 2 aliphatic heterocycles. The van der Waals surface area contributed by atoms with Crippen molar-refractivity contribution in [3.8, 4) is 45.4 Å².